The molecule has 1 N–H and O–H groups in total. The van der Waals surface area contributed by atoms with Crippen LogP contribution >= 0.6 is 0 Å². The number of H-pyrrole nitrogens is 1. The average molecular weight is 314 g/mol. The topological polar surface area (TPSA) is 71.6 Å². The van der Waals surface area contributed by atoms with Gasteiger partial charge in [-0.3, -0.25) is 9.59 Å². The first-order chi connectivity index (χ1) is 11.2. The second-order valence-electron chi connectivity index (χ2n) is 5.38. The Morgan fingerprint density at radius 3 is 2.91 bits per heavy atom. The van der Waals surface area contributed by atoms with Gasteiger partial charge in [0.05, 0.1) is 7.11 Å². The third kappa shape index (κ3) is 3.53. The minimum Gasteiger partial charge on any atom is -0.497 e. The number of nitrogens with zero attached hydrogens (tertiary/aromatic N) is 1. The van der Waals surface area contributed by atoms with E-state index >= 15 is 0 Å². The van der Waals surface area contributed by atoms with Crippen molar-refractivity contribution in [1.82, 2.24) is 9.88 Å². The molecule has 2 aromatic rings. The fourth-order valence-corrected chi connectivity index (χ4v) is 2.60. The summed E-state index contributed by atoms with van der Waals surface area (Å²) in [5, 5.41) is 0. The highest BCUT2D eigenvalue weighted by atomic mass is 16.5. The highest BCUT2D eigenvalue weighted by Crippen LogP contribution is 2.20. The lowest BCUT2D eigenvalue weighted by Crippen LogP contribution is -2.39. The first kappa shape index (κ1) is 15.1. The van der Waals surface area contributed by atoms with Crippen LogP contribution in [-0.4, -0.2) is 36.1 Å². The molecule has 1 aromatic heterocycles. The maximum atomic E-state index is 12.3. The van der Waals surface area contributed by atoms with Gasteiger partial charge in [-0.1, -0.05) is 6.07 Å². The van der Waals surface area contributed by atoms with Gasteiger partial charge in [0.25, 0.3) is 5.91 Å². The first-order valence-corrected chi connectivity index (χ1v) is 7.41. The quantitative estimate of drug-likeness (QED) is 0.924. The van der Waals surface area contributed by atoms with Crippen molar-refractivity contribution < 1.29 is 14.3 Å². The van der Waals surface area contributed by atoms with Crippen LogP contribution in [0.15, 0.2) is 41.3 Å². The zero-order valence-corrected chi connectivity index (χ0v) is 12.9. The molecule has 1 aliphatic rings. The molecule has 0 spiro atoms. The molecule has 2 heterocycles. The highest BCUT2D eigenvalue weighted by Gasteiger charge is 2.21. The van der Waals surface area contributed by atoms with E-state index in [2.05, 4.69) is 4.98 Å². The number of hydrogen-bond acceptors (Lipinski definition) is 4. The summed E-state index contributed by atoms with van der Waals surface area (Å²) in [5.41, 5.74) is 1.88. The van der Waals surface area contributed by atoms with E-state index in [1.54, 1.807) is 36.4 Å². The van der Waals surface area contributed by atoms with E-state index in [1.807, 2.05) is 12.1 Å². The fraction of sp³-hybridized carbons (Fsp3) is 0.294. The van der Waals surface area contributed by atoms with Crippen LogP contribution in [0.4, 0.5) is 0 Å². The van der Waals surface area contributed by atoms with Crippen molar-refractivity contribution in [2.75, 3.05) is 20.3 Å². The number of pyridine rings is 1. The molecule has 0 atom stereocenters. The van der Waals surface area contributed by atoms with Gasteiger partial charge in [0.15, 0.2) is 6.61 Å². The van der Waals surface area contributed by atoms with Gasteiger partial charge >= 0.3 is 0 Å². The van der Waals surface area contributed by atoms with Crippen LogP contribution in [0.25, 0.3) is 0 Å². The number of ether oxygens (including phenoxy) is 2. The molecule has 0 aliphatic carbocycles. The van der Waals surface area contributed by atoms with Crippen molar-refractivity contribution in [1.29, 1.82) is 0 Å². The molecule has 1 aliphatic heterocycles. The summed E-state index contributed by atoms with van der Waals surface area (Å²) < 4.78 is 10.7. The molecule has 3 rings (SSSR count). The molecule has 1 aromatic carbocycles. The molecule has 0 saturated carbocycles. The summed E-state index contributed by atoms with van der Waals surface area (Å²) in [6.07, 6.45) is 2.37. The van der Waals surface area contributed by atoms with Crippen molar-refractivity contribution in [3.63, 3.8) is 0 Å². The second kappa shape index (κ2) is 6.56. The van der Waals surface area contributed by atoms with E-state index in [4.69, 9.17) is 9.47 Å². The van der Waals surface area contributed by atoms with Crippen LogP contribution in [0, 0.1) is 0 Å². The van der Waals surface area contributed by atoms with Crippen molar-refractivity contribution in [2.24, 2.45) is 0 Å². The zero-order valence-electron chi connectivity index (χ0n) is 12.9. The smallest absolute Gasteiger partial charge is 0.260 e. The lowest BCUT2D eigenvalue weighted by molar-refractivity contribution is -0.134. The van der Waals surface area contributed by atoms with E-state index in [0.29, 0.717) is 31.0 Å². The van der Waals surface area contributed by atoms with Gasteiger partial charge in [-0.05, 0) is 29.7 Å². The zero-order chi connectivity index (χ0) is 16.2. The largest absolute Gasteiger partial charge is 0.497 e. The highest BCUT2D eigenvalue weighted by molar-refractivity contribution is 5.78. The van der Waals surface area contributed by atoms with Crippen molar-refractivity contribution in [2.45, 2.75) is 13.0 Å². The Morgan fingerprint density at radius 1 is 1.26 bits per heavy atom. The Labute approximate surface area is 133 Å². The molecule has 23 heavy (non-hydrogen) atoms. The Hall–Kier alpha value is -2.76. The maximum absolute atomic E-state index is 12.3. The molecular formula is C17H18N2O4. The number of methoxy groups -OCH3 is 1. The Morgan fingerprint density at radius 2 is 2.09 bits per heavy atom. The van der Waals surface area contributed by atoms with Gasteiger partial charge in [0.1, 0.15) is 11.5 Å². The number of aromatic nitrogens is 1. The molecule has 0 radical (unpaired) electrons. The SMILES string of the molecule is COc1cccc(OCC(=O)N2CCc3cc(=O)[nH]cc3C2)c1. The molecule has 0 saturated heterocycles. The minimum absolute atomic E-state index is 0.0220. The number of hydrogen-bond donors (Lipinski definition) is 1. The molecule has 6 nitrogen and oxygen atoms in total. The molecule has 120 valence electrons. The van der Waals surface area contributed by atoms with E-state index in [-0.39, 0.29) is 18.1 Å². The van der Waals surface area contributed by atoms with Crippen molar-refractivity contribution in [3.8, 4) is 11.5 Å². The lowest BCUT2D eigenvalue weighted by Gasteiger charge is -2.28. The van der Waals surface area contributed by atoms with Crippen LogP contribution in [0.2, 0.25) is 0 Å². The number of nitrogens with one attached hydrogen (secondary N) is 1. The summed E-state index contributed by atoms with van der Waals surface area (Å²) in [6, 6.07) is 8.75. The van der Waals surface area contributed by atoms with Gasteiger partial charge in [-0.2, -0.15) is 0 Å². The van der Waals surface area contributed by atoms with E-state index in [9.17, 15) is 9.59 Å². The van der Waals surface area contributed by atoms with Gasteiger partial charge in [0.2, 0.25) is 5.56 Å². The summed E-state index contributed by atoms with van der Waals surface area (Å²) in [4.78, 5) is 28.0. The molecule has 0 bridgehead atoms. The van der Waals surface area contributed by atoms with Gasteiger partial charge in [-0.15, -0.1) is 0 Å². The van der Waals surface area contributed by atoms with E-state index in [1.165, 1.54) is 0 Å². The van der Waals surface area contributed by atoms with Crippen LogP contribution in [0.1, 0.15) is 11.1 Å². The van der Waals surface area contributed by atoms with Crippen LogP contribution < -0.4 is 15.0 Å². The van der Waals surface area contributed by atoms with Crippen LogP contribution in [0.3, 0.4) is 0 Å². The Bertz CT molecular complexity index is 769. The number of benzene rings is 1. The number of amides is 1. The molecule has 0 unspecified atom stereocenters. The number of carbonyl (C=O) groups excluding carboxylic acids is 1. The van der Waals surface area contributed by atoms with Crippen LogP contribution in [0.5, 0.6) is 11.5 Å². The molecular weight excluding hydrogens is 296 g/mol. The minimum atomic E-state index is -0.107. The fourth-order valence-electron chi connectivity index (χ4n) is 2.60. The Balaban J connectivity index is 1.61. The normalized spacial score (nSPS) is 13.3. The van der Waals surface area contributed by atoms with E-state index in [0.717, 1.165) is 11.1 Å². The monoisotopic (exact) mass is 314 g/mol. The van der Waals surface area contributed by atoms with Gasteiger partial charge in [-0.25, -0.2) is 0 Å². The third-order valence-electron chi connectivity index (χ3n) is 3.87. The Kier molecular flexibility index (Phi) is 4.32. The summed E-state index contributed by atoms with van der Waals surface area (Å²) in [7, 11) is 1.58. The number of rotatable bonds is 4. The maximum Gasteiger partial charge on any atom is 0.260 e. The molecule has 6 heteroatoms. The number of carbonyl (C=O) groups is 1. The van der Waals surface area contributed by atoms with Crippen molar-refractivity contribution >= 4 is 5.91 Å². The summed E-state index contributed by atoms with van der Waals surface area (Å²) >= 11 is 0. The number of aromatic amines is 1. The average Bonchev–Trinajstić information content (AvgIpc) is 2.59. The van der Waals surface area contributed by atoms with E-state index < -0.39 is 0 Å². The summed E-state index contributed by atoms with van der Waals surface area (Å²) in [6.45, 7) is 1.06. The summed E-state index contributed by atoms with van der Waals surface area (Å²) in [5.74, 6) is 1.20. The lowest BCUT2D eigenvalue weighted by atomic mass is 10.0. The third-order valence-corrected chi connectivity index (χ3v) is 3.87. The predicted molar refractivity (Wildman–Crippen MR) is 84.7 cm³/mol. The second-order valence-corrected chi connectivity index (χ2v) is 5.38. The predicted octanol–water partition coefficient (Wildman–Crippen LogP) is 1.35. The van der Waals surface area contributed by atoms with Crippen molar-refractivity contribution in [3.05, 3.63) is 58.0 Å². The standard InChI is InChI=1S/C17H18N2O4/c1-22-14-3-2-4-15(8-14)23-11-17(21)19-6-5-12-7-16(20)18-9-13(12)10-19/h2-4,7-9H,5-6,10-11H2,1H3,(H,18,20). The molecule has 1 amide bonds. The van der Waals surface area contributed by atoms with Gasteiger partial charge in [0, 0.05) is 31.4 Å². The van der Waals surface area contributed by atoms with Crippen LogP contribution in [-0.2, 0) is 17.8 Å². The first-order valence-electron chi connectivity index (χ1n) is 7.41. The number of fused-ring (bicyclic) bond motifs is 1. The van der Waals surface area contributed by atoms with Gasteiger partial charge < -0.3 is 19.4 Å². The molecule has 0 fully saturated rings.